The van der Waals surface area contributed by atoms with Gasteiger partial charge in [0.15, 0.2) is 0 Å². The van der Waals surface area contributed by atoms with E-state index >= 15 is 0 Å². The molecule has 0 bridgehead atoms. The Hall–Kier alpha value is -1.61. The number of carboxylic acid groups (broad SMARTS) is 1. The zero-order chi connectivity index (χ0) is 20.4. The highest BCUT2D eigenvalue weighted by Crippen LogP contribution is 2.39. The van der Waals surface area contributed by atoms with E-state index in [4.69, 9.17) is 5.11 Å². The maximum atomic E-state index is 10.7. The van der Waals surface area contributed by atoms with Crippen LogP contribution in [-0.4, -0.2) is 22.3 Å². The standard InChI is InChI=1S/C25H38O3/c1-3-4-10-22-18-23(17-19(22)2)24(26)16-15-21-13-9-12-20(21)11-7-5-6-8-14-25(27)28/h3-4,10,17,20-21,24,26H,1,5-9,11-16,18H2,2H3,(H,27,28)/b10-4-/t20?,21-,24?/m1/s1. The average molecular weight is 387 g/mol. The summed E-state index contributed by atoms with van der Waals surface area (Å²) in [6.45, 7) is 5.84. The third-order valence-corrected chi connectivity index (χ3v) is 6.51. The van der Waals surface area contributed by atoms with E-state index in [1.54, 1.807) is 6.08 Å². The zero-order valence-electron chi connectivity index (χ0n) is 17.5. The number of carboxylic acids is 1. The molecule has 28 heavy (non-hydrogen) atoms. The molecule has 2 aliphatic carbocycles. The van der Waals surface area contributed by atoms with Crippen LogP contribution >= 0.6 is 0 Å². The number of rotatable bonds is 13. The third-order valence-electron chi connectivity index (χ3n) is 6.51. The van der Waals surface area contributed by atoms with Gasteiger partial charge >= 0.3 is 5.97 Å². The van der Waals surface area contributed by atoms with Gasteiger partial charge in [0.2, 0.25) is 0 Å². The van der Waals surface area contributed by atoms with Crippen LogP contribution in [0, 0.1) is 11.8 Å². The van der Waals surface area contributed by atoms with Crippen LogP contribution in [0.2, 0.25) is 0 Å². The molecule has 0 heterocycles. The topological polar surface area (TPSA) is 57.5 Å². The molecular weight excluding hydrogens is 348 g/mol. The molecule has 156 valence electrons. The van der Waals surface area contributed by atoms with Gasteiger partial charge in [-0.05, 0) is 61.2 Å². The largest absolute Gasteiger partial charge is 0.481 e. The molecule has 0 amide bonds. The van der Waals surface area contributed by atoms with Gasteiger partial charge in [-0.2, -0.15) is 0 Å². The number of hydrogen-bond donors (Lipinski definition) is 2. The minimum absolute atomic E-state index is 0.305. The normalized spacial score (nSPS) is 23.4. The molecule has 1 fully saturated rings. The van der Waals surface area contributed by atoms with E-state index in [1.807, 2.05) is 6.08 Å². The van der Waals surface area contributed by atoms with Gasteiger partial charge in [-0.3, -0.25) is 4.79 Å². The molecule has 0 aromatic heterocycles. The van der Waals surface area contributed by atoms with Crippen LogP contribution in [0.15, 0.2) is 47.6 Å². The number of aliphatic hydroxyl groups is 1. The predicted molar refractivity (Wildman–Crippen MR) is 116 cm³/mol. The Balaban J connectivity index is 1.67. The maximum Gasteiger partial charge on any atom is 0.303 e. The van der Waals surface area contributed by atoms with Crippen LogP contribution in [0.5, 0.6) is 0 Å². The smallest absolute Gasteiger partial charge is 0.303 e. The first-order valence-corrected chi connectivity index (χ1v) is 11.1. The second-order valence-corrected chi connectivity index (χ2v) is 8.59. The van der Waals surface area contributed by atoms with Crippen molar-refractivity contribution in [3.8, 4) is 0 Å². The van der Waals surface area contributed by atoms with Crippen molar-refractivity contribution in [1.29, 1.82) is 0 Å². The summed E-state index contributed by atoms with van der Waals surface area (Å²) in [6, 6.07) is 0. The average Bonchev–Trinajstić information content (AvgIpc) is 3.27. The molecule has 0 saturated heterocycles. The third kappa shape index (κ3) is 7.43. The Morgan fingerprint density at radius 1 is 1.21 bits per heavy atom. The second kappa shape index (κ2) is 12.1. The lowest BCUT2D eigenvalue weighted by molar-refractivity contribution is -0.137. The lowest BCUT2D eigenvalue weighted by atomic mass is 9.86. The summed E-state index contributed by atoms with van der Waals surface area (Å²) >= 11 is 0. The molecule has 1 saturated carbocycles. The van der Waals surface area contributed by atoms with Crippen LogP contribution in [0.3, 0.4) is 0 Å². The van der Waals surface area contributed by atoms with Crippen molar-refractivity contribution in [1.82, 2.24) is 0 Å². The Kier molecular flexibility index (Phi) is 9.77. The minimum Gasteiger partial charge on any atom is -0.481 e. The summed E-state index contributed by atoms with van der Waals surface area (Å²) in [7, 11) is 0. The van der Waals surface area contributed by atoms with E-state index in [1.165, 1.54) is 43.3 Å². The van der Waals surface area contributed by atoms with E-state index in [0.717, 1.165) is 55.9 Å². The van der Waals surface area contributed by atoms with Crippen LogP contribution < -0.4 is 0 Å². The molecule has 2 rings (SSSR count). The minimum atomic E-state index is -0.680. The van der Waals surface area contributed by atoms with Gasteiger partial charge in [0.05, 0.1) is 6.10 Å². The summed E-state index contributed by atoms with van der Waals surface area (Å²) in [5.41, 5.74) is 3.71. The first-order chi connectivity index (χ1) is 13.5. The highest BCUT2D eigenvalue weighted by atomic mass is 16.4. The van der Waals surface area contributed by atoms with Gasteiger partial charge in [-0.25, -0.2) is 0 Å². The molecule has 0 radical (unpaired) electrons. The van der Waals surface area contributed by atoms with E-state index in [-0.39, 0.29) is 6.10 Å². The molecule has 2 N–H and O–H groups in total. The summed E-state index contributed by atoms with van der Waals surface area (Å²) < 4.78 is 0. The monoisotopic (exact) mass is 386 g/mol. The number of aliphatic hydroxyl groups excluding tert-OH is 1. The van der Waals surface area contributed by atoms with Crippen LogP contribution in [0.25, 0.3) is 0 Å². The fourth-order valence-corrected chi connectivity index (χ4v) is 4.84. The Labute approximate surface area is 170 Å². The van der Waals surface area contributed by atoms with E-state index in [0.29, 0.717) is 6.42 Å². The van der Waals surface area contributed by atoms with Gasteiger partial charge in [-0.1, -0.05) is 75.8 Å². The molecular formula is C25H38O3. The van der Waals surface area contributed by atoms with Crippen LogP contribution in [0.4, 0.5) is 0 Å². The van der Waals surface area contributed by atoms with Gasteiger partial charge < -0.3 is 10.2 Å². The second-order valence-electron chi connectivity index (χ2n) is 8.59. The van der Waals surface area contributed by atoms with Gasteiger partial charge in [0.1, 0.15) is 0 Å². The lowest BCUT2D eigenvalue weighted by Crippen LogP contribution is -2.15. The van der Waals surface area contributed by atoms with Crippen molar-refractivity contribution < 1.29 is 15.0 Å². The number of unbranched alkanes of at least 4 members (excludes halogenated alkanes) is 3. The molecule has 0 aromatic carbocycles. The Bertz CT molecular complexity index is 611. The van der Waals surface area contributed by atoms with Gasteiger partial charge in [0, 0.05) is 6.42 Å². The van der Waals surface area contributed by atoms with Crippen molar-refractivity contribution >= 4 is 5.97 Å². The highest BCUT2D eigenvalue weighted by Gasteiger charge is 2.28. The van der Waals surface area contributed by atoms with Crippen molar-refractivity contribution in [3.63, 3.8) is 0 Å². The first kappa shape index (κ1) is 22.7. The Morgan fingerprint density at radius 3 is 2.64 bits per heavy atom. The number of aliphatic carboxylic acids is 1. The van der Waals surface area contributed by atoms with Gasteiger partial charge in [-0.15, -0.1) is 0 Å². The number of allylic oxidation sites excluding steroid dienone is 6. The molecule has 0 aliphatic heterocycles. The molecule has 3 heteroatoms. The van der Waals surface area contributed by atoms with Crippen molar-refractivity contribution in [2.24, 2.45) is 11.8 Å². The van der Waals surface area contributed by atoms with Crippen LogP contribution in [-0.2, 0) is 4.79 Å². The van der Waals surface area contributed by atoms with Crippen molar-refractivity contribution in [2.75, 3.05) is 0 Å². The molecule has 2 aliphatic rings. The maximum absolute atomic E-state index is 10.7. The van der Waals surface area contributed by atoms with E-state index in [9.17, 15) is 9.90 Å². The predicted octanol–water partition coefficient (Wildman–Crippen LogP) is 6.36. The summed E-state index contributed by atoms with van der Waals surface area (Å²) in [5.74, 6) is 0.876. The number of carbonyl (C=O) groups is 1. The SMILES string of the molecule is C=C/C=C\C1=C(C)C=C(C(O)CC[C@H]2CCCC2CCCCCCC(=O)O)C1. The van der Waals surface area contributed by atoms with E-state index in [2.05, 4.69) is 25.7 Å². The first-order valence-electron chi connectivity index (χ1n) is 11.1. The summed E-state index contributed by atoms with van der Waals surface area (Å²) in [6.07, 6.45) is 20.3. The zero-order valence-corrected chi connectivity index (χ0v) is 17.5. The van der Waals surface area contributed by atoms with Crippen molar-refractivity contribution in [2.45, 2.75) is 90.1 Å². The lowest BCUT2D eigenvalue weighted by Gasteiger charge is -2.21. The number of hydrogen-bond acceptors (Lipinski definition) is 2. The van der Waals surface area contributed by atoms with E-state index < -0.39 is 5.97 Å². The van der Waals surface area contributed by atoms with Crippen LogP contribution in [0.1, 0.15) is 84.0 Å². The molecule has 3 nitrogen and oxygen atoms in total. The fourth-order valence-electron chi connectivity index (χ4n) is 4.84. The van der Waals surface area contributed by atoms with Crippen molar-refractivity contribution in [3.05, 3.63) is 47.6 Å². The highest BCUT2D eigenvalue weighted by molar-refractivity contribution is 5.66. The molecule has 0 spiro atoms. The molecule has 2 unspecified atom stereocenters. The molecule has 3 atom stereocenters. The Morgan fingerprint density at radius 2 is 1.93 bits per heavy atom. The summed E-state index contributed by atoms with van der Waals surface area (Å²) in [5, 5.41) is 19.4. The summed E-state index contributed by atoms with van der Waals surface area (Å²) in [4.78, 5) is 10.6. The van der Waals surface area contributed by atoms with Gasteiger partial charge in [0.25, 0.3) is 0 Å². The quantitative estimate of drug-likeness (QED) is 0.286. The fraction of sp³-hybridized carbons (Fsp3) is 0.640. The molecule has 0 aromatic rings.